The molecule has 0 heterocycles. The number of methoxy groups -OCH3 is 2. The zero-order chi connectivity index (χ0) is 13.9. The maximum Gasteiger partial charge on any atom is 0.127 e. The molecule has 2 aromatic rings. The quantitative estimate of drug-likeness (QED) is 0.916. The van der Waals surface area contributed by atoms with E-state index < -0.39 is 5.54 Å². The third-order valence-electron chi connectivity index (χ3n) is 3.34. The molecule has 0 aromatic heterocycles. The lowest BCUT2D eigenvalue weighted by Crippen LogP contribution is -2.34. The Morgan fingerprint density at radius 3 is 2.21 bits per heavy atom. The van der Waals surface area contributed by atoms with Gasteiger partial charge in [-0.25, -0.2) is 0 Å². The maximum atomic E-state index is 6.51. The summed E-state index contributed by atoms with van der Waals surface area (Å²) in [5.41, 5.74) is 7.87. The van der Waals surface area contributed by atoms with Crippen molar-refractivity contribution in [2.24, 2.45) is 5.73 Å². The van der Waals surface area contributed by atoms with Crippen LogP contribution in [0.2, 0.25) is 0 Å². The summed E-state index contributed by atoms with van der Waals surface area (Å²) in [5.74, 6) is 1.48. The number of hydrogen-bond donors (Lipinski definition) is 1. The summed E-state index contributed by atoms with van der Waals surface area (Å²) in [5, 5.41) is 0. The summed E-state index contributed by atoms with van der Waals surface area (Å²) in [6.45, 7) is 1.98. The van der Waals surface area contributed by atoms with Crippen molar-refractivity contribution in [3.63, 3.8) is 0 Å². The highest BCUT2D eigenvalue weighted by atomic mass is 16.5. The average molecular weight is 257 g/mol. The Morgan fingerprint density at radius 1 is 0.947 bits per heavy atom. The second kappa shape index (κ2) is 5.33. The first-order chi connectivity index (χ1) is 9.09. The number of hydrogen-bond acceptors (Lipinski definition) is 3. The van der Waals surface area contributed by atoms with Gasteiger partial charge < -0.3 is 15.2 Å². The first-order valence-corrected chi connectivity index (χ1v) is 6.16. The Kier molecular flexibility index (Phi) is 3.76. The molecule has 19 heavy (non-hydrogen) atoms. The van der Waals surface area contributed by atoms with Gasteiger partial charge in [0.15, 0.2) is 0 Å². The average Bonchev–Trinajstić information content (AvgIpc) is 2.47. The van der Waals surface area contributed by atoms with Gasteiger partial charge in [0.2, 0.25) is 0 Å². The molecule has 0 aliphatic rings. The SMILES string of the molecule is COc1ccc(C(C)(N)c2ccccc2)c(OC)c1. The summed E-state index contributed by atoms with van der Waals surface area (Å²) in [6.07, 6.45) is 0. The molecule has 0 saturated carbocycles. The van der Waals surface area contributed by atoms with Gasteiger partial charge >= 0.3 is 0 Å². The smallest absolute Gasteiger partial charge is 0.127 e. The first-order valence-electron chi connectivity index (χ1n) is 6.16. The molecule has 2 N–H and O–H groups in total. The molecule has 1 unspecified atom stereocenters. The van der Waals surface area contributed by atoms with E-state index in [-0.39, 0.29) is 0 Å². The third kappa shape index (κ3) is 2.56. The lowest BCUT2D eigenvalue weighted by atomic mass is 9.85. The van der Waals surface area contributed by atoms with E-state index in [0.29, 0.717) is 0 Å². The number of nitrogens with two attached hydrogens (primary N) is 1. The zero-order valence-electron chi connectivity index (χ0n) is 11.5. The monoisotopic (exact) mass is 257 g/mol. The molecule has 3 nitrogen and oxygen atoms in total. The molecule has 0 amide bonds. The minimum absolute atomic E-state index is 0.612. The standard InChI is InChI=1S/C16H19NO2/c1-16(17,12-7-5-4-6-8-12)14-10-9-13(18-2)11-15(14)19-3/h4-11H,17H2,1-3H3. The van der Waals surface area contributed by atoms with Gasteiger partial charge in [0.25, 0.3) is 0 Å². The van der Waals surface area contributed by atoms with Gasteiger partial charge in [-0.05, 0) is 24.6 Å². The van der Waals surface area contributed by atoms with Crippen LogP contribution in [0.1, 0.15) is 18.1 Å². The van der Waals surface area contributed by atoms with Crippen molar-refractivity contribution in [2.45, 2.75) is 12.5 Å². The lowest BCUT2D eigenvalue weighted by Gasteiger charge is -2.28. The van der Waals surface area contributed by atoms with Crippen molar-refractivity contribution in [2.75, 3.05) is 14.2 Å². The fourth-order valence-electron chi connectivity index (χ4n) is 2.17. The fraction of sp³-hybridized carbons (Fsp3) is 0.250. The van der Waals surface area contributed by atoms with Crippen molar-refractivity contribution in [1.82, 2.24) is 0 Å². The minimum atomic E-state index is -0.612. The van der Waals surface area contributed by atoms with E-state index in [1.807, 2.05) is 55.5 Å². The van der Waals surface area contributed by atoms with Gasteiger partial charge in [-0.1, -0.05) is 30.3 Å². The highest BCUT2D eigenvalue weighted by molar-refractivity contribution is 5.48. The lowest BCUT2D eigenvalue weighted by molar-refractivity contribution is 0.384. The van der Waals surface area contributed by atoms with Crippen LogP contribution < -0.4 is 15.2 Å². The van der Waals surface area contributed by atoms with Crippen LogP contribution in [0.3, 0.4) is 0 Å². The van der Waals surface area contributed by atoms with Crippen molar-refractivity contribution < 1.29 is 9.47 Å². The van der Waals surface area contributed by atoms with Crippen LogP contribution in [0.25, 0.3) is 0 Å². The van der Waals surface area contributed by atoms with E-state index in [0.717, 1.165) is 22.6 Å². The normalized spacial score (nSPS) is 13.7. The zero-order valence-corrected chi connectivity index (χ0v) is 11.5. The highest BCUT2D eigenvalue weighted by Gasteiger charge is 2.27. The molecule has 0 fully saturated rings. The number of rotatable bonds is 4. The van der Waals surface area contributed by atoms with Crippen LogP contribution in [0.15, 0.2) is 48.5 Å². The van der Waals surface area contributed by atoms with Gasteiger partial charge in [0.1, 0.15) is 11.5 Å². The van der Waals surface area contributed by atoms with Gasteiger partial charge in [-0.2, -0.15) is 0 Å². The fourth-order valence-corrected chi connectivity index (χ4v) is 2.17. The molecule has 0 aliphatic carbocycles. The van der Waals surface area contributed by atoms with Gasteiger partial charge in [-0.15, -0.1) is 0 Å². The molecule has 0 radical (unpaired) electrons. The molecule has 1 atom stereocenters. The van der Waals surface area contributed by atoms with Crippen LogP contribution in [0, 0.1) is 0 Å². The molecule has 0 saturated heterocycles. The molecule has 3 heteroatoms. The molecule has 0 spiro atoms. The Morgan fingerprint density at radius 2 is 1.63 bits per heavy atom. The highest BCUT2D eigenvalue weighted by Crippen LogP contribution is 2.35. The molecule has 2 rings (SSSR count). The summed E-state index contributed by atoms with van der Waals surface area (Å²) in [4.78, 5) is 0. The maximum absolute atomic E-state index is 6.51. The van der Waals surface area contributed by atoms with Gasteiger partial charge in [0, 0.05) is 11.6 Å². The third-order valence-corrected chi connectivity index (χ3v) is 3.34. The van der Waals surface area contributed by atoms with Crippen LogP contribution >= 0.6 is 0 Å². The second-order valence-corrected chi connectivity index (χ2v) is 4.63. The van der Waals surface area contributed by atoms with Crippen molar-refractivity contribution in [3.05, 3.63) is 59.7 Å². The molecular weight excluding hydrogens is 238 g/mol. The molecule has 0 aliphatic heterocycles. The van der Waals surface area contributed by atoms with Gasteiger partial charge in [-0.3, -0.25) is 0 Å². The Labute approximate surface area is 114 Å². The van der Waals surface area contributed by atoms with E-state index >= 15 is 0 Å². The topological polar surface area (TPSA) is 44.5 Å². The van der Waals surface area contributed by atoms with Gasteiger partial charge in [0.05, 0.1) is 19.8 Å². The molecular formula is C16H19NO2. The van der Waals surface area contributed by atoms with E-state index in [1.165, 1.54) is 0 Å². The Bertz CT molecular complexity index is 550. The summed E-state index contributed by atoms with van der Waals surface area (Å²) >= 11 is 0. The van der Waals surface area contributed by atoms with Crippen LogP contribution in [-0.2, 0) is 5.54 Å². The van der Waals surface area contributed by atoms with E-state index in [4.69, 9.17) is 15.2 Å². The van der Waals surface area contributed by atoms with E-state index in [2.05, 4.69) is 0 Å². The molecule has 2 aromatic carbocycles. The van der Waals surface area contributed by atoms with E-state index in [9.17, 15) is 0 Å². The summed E-state index contributed by atoms with van der Waals surface area (Å²) < 4.78 is 10.6. The predicted molar refractivity (Wildman–Crippen MR) is 76.6 cm³/mol. The summed E-state index contributed by atoms with van der Waals surface area (Å²) in [6, 6.07) is 15.7. The number of ether oxygens (including phenoxy) is 2. The first kappa shape index (κ1) is 13.4. The van der Waals surface area contributed by atoms with Crippen molar-refractivity contribution >= 4 is 0 Å². The predicted octanol–water partition coefficient (Wildman–Crippen LogP) is 2.93. The molecule has 100 valence electrons. The van der Waals surface area contributed by atoms with Crippen LogP contribution in [0.5, 0.6) is 11.5 Å². The Hall–Kier alpha value is -2.00. The van der Waals surface area contributed by atoms with Crippen molar-refractivity contribution in [1.29, 1.82) is 0 Å². The second-order valence-electron chi connectivity index (χ2n) is 4.63. The minimum Gasteiger partial charge on any atom is -0.497 e. The largest absolute Gasteiger partial charge is 0.497 e. The van der Waals surface area contributed by atoms with Crippen LogP contribution in [0.4, 0.5) is 0 Å². The van der Waals surface area contributed by atoms with Crippen LogP contribution in [-0.4, -0.2) is 14.2 Å². The van der Waals surface area contributed by atoms with E-state index in [1.54, 1.807) is 14.2 Å². The number of benzene rings is 2. The molecule has 0 bridgehead atoms. The summed E-state index contributed by atoms with van der Waals surface area (Å²) in [7, 11) is 3.27. The Balaban J connectivity index is 2.51. The van der Waals surface area contributed by atoms with Crippen molar-refractivity contribution in [3.8, 4) is 11.5 Å².